The SMILES string of the molecule is CC(=O)Nc1cc(Br)cc2c(=O)cc(C(=O)O)oc12. The van der Waals surface area contributed by atoms with Crippen molar-refractivity contribution in [2.45, 2.75) is 6.92 Å². The van der Waals surface area contributed by atoms with Gasteiger partial charge >= 0.3 is 5.97 Å². The molecule has 2 rings (SSSR count). The molecule has 7 heteroatoms. The summed E-state index contributed by atoms with van der Waals surface area (Å²) in [6.45, 7) is 1.30. The molecule has 0 fully saturated rings. The molecule has 2 N–H and O–H groups in total. The Morgan fingerprint density at radius 1 is 1.32 bits per heavy atom. The summed E-state index contributed by atoms with van der Waals surface area (Å²) in [5.74, 6) is -2.19. The summed E-state index contributed by atoms with van der Waals surface area (Å²) in [6.07, 6.45) is 0. The smallest absolute Gasteiger partial charge is 0.371 e. The minimum atomic E-state index is -1.35. The Balaban J connectivity index is 2.83. The molecule has 0 bridgehead atoms. The van der Waals surface area contributed by atoms with Gasteiger partial charge in [-0.1, -0.05) is 15.9 Å². The molecule has 98 valence electrons. The highest BCUT2D eigenvalue weighted by Gasteiger charge is 2.15. The van der Waals surface area contributed by atoms with Gasteiger partial charge in [-0.05, 0) is 12.1 Å². The molecule has 1 aromatic heterocycles. The molecule has 1 heterocycles. The van der Waals surface area contributed by atoms with Crippen LogP contribution < -0.4 is 10.7 Å². The molecular weight excluding hydrogens is 318 g/mol. The highest BCUT2D eigenvalue weighted by atomic mass is 79.9. The number of anilines is 1. The van der Waals surface area contributed by atoms with Crippen LogP contribution in [0.25, 0.3) is 11.0 Å². The lowest BCUT2D eigenvalue weighted by Gasteiger charge is -2.07. The normalized spacial score (nSPS) is 10.4. The maximum atomic E-state index is 11.8. The summed E-state index contributed by atoms with van der Waals surface area (Å²) in [5, 5.41) is 11.5. The lowest BCUT2D eigenvalue weighted by atomic mass is 10.2. The first-order valence-electron chi connectivity index (χ1n) is 5.17. The second kappa shape index (κ2) is 4.85. The molecule has 0 atom stereocenters. The zero-order valence-corrected chi connectivity index (χ0v) is 11.3. The number of amides is 1. The first-order chi connectivity index (χ1) is 8.88. The Morgan fingerprint density at radius 3 is 2.58 bits per heavy atom. The average molecular weight is 326 g/mol. The number of fused-ring (bicyclic) bond motifs is 1. The van der Waals surface area contributed by atoms with Crippen molar-refractivity contribution in [3.8, 4) is 0 Å². The quantitative estimate of drug-likeness (QED) is 0.882. The van der Waals surface area contributed by atoms with Gasteiger partial charge in [0.2, 0.25) is 11.7 Å². The van der Waals surface area contributed by atoms with Crippen molar-refractivity contribution < 1.29 is 19.1 Å². The van der Waals surface area contributed by atoms with Gasteiger partial charge in [-0.15, -0.1) is 0 Å². The van der Waals surface area contributed by atoms with E-state index in [2.05, 4.69) is 21.2 Å². The van der Waals surface area contributed by atoms with E-state index in [4.69, 9.17) is 9.52 Å². The van der Waals surface area contributed by atoms with E-state index in [-0.39, 0.29) is 22.6 Å². The van der Waals surface area contributed by atoms with Gasteiger partial charge in [0.1, 0.15) is 0 Å². The van der Waals surface area contributed by atoms with E-state index in [1.54, 1.807) is 0 Å². The summed E-state index contributed by atoms with van der Waals surface area (Å²) >= 11 is 3.21. The van der Waals surface area contributed by atoms with E-state index < -0.39 is 17.2 Å². The van der Waals surface area contributed by atoms with Crippen molar-refractivity contribution in [3.63, 3.8) is 0 Å². The summed E-state index contributed by atoms with van der Waals surface area (Å²) in [5.41, 5.74) is -0.230. The molecule has 0 unspecified atom stereocenters. The number of rotatable bonds is 2. The molecule has 19 heavy (non-hydrogen) atoms. The average Bonchev–Trinajstić information content (AvgIpc) is 2.29. The third kappa shape index (κ3) is 2.65. The fraction of sp³-hybridized carbons (Fsp3) is 0.0833. The maximum absolute atomic E-state index is 11.8. The molecule has 0 aliphatic carbocycles. The second-order valence-electron chi connectivity index (χ2n) is 3.79. The number of hydrogen-bond acceptors (Lipinski definition) is 4. The minimum Gasteiger partial charge on any atom is -0.475 e. The second-order valence-corrected chi connectivity index (χ2v) is 4.71. The Hall–Kier alpha value is -2.15. The molecule has 2 aromatic rings. The van der Waals surface area contributed by atoms with E-state index in [1.165, 1.54) is 19.1 Å². The standard InChI is InChI=1S/C12H8BrNO5/c1-5(15)14-8-3-6(13)2-7-9(16)4-10(12(17)18)19-11(7)8/h2-4H,1H3,(H,14,15)(H,17,18). The largest absolute Gasteiger partial charge is 0.475 e. The number of aromatic carboxylic acids is 1. The van der Waals surface area contributed by atoms with Gasteiger partial charge in [0.05, 0.1) is 11.1 Å². The topological polar surface area (TPSA) is 96.6 Å². The lowest BCUT2D eigenvalue weighted by Crippen LogP contribution is -2.10. The van der Waals surface area contributed by atoms with Gasteiger partial charge in [0, 0.05) is 17.5 Å². The van der Waals surface area contributed by atoms with Gasteiger partial charge in [0.15, 0.2) is 11.0 Å². The predicted octanol–water partition coefficient (Wildman–Crippen LogP) is 2.21. The molecular formula is C12H8BrNO5. The monoisotopic (exact) mass is 325 g/mol. The number of carboxylic acid groups (broad SMARTS) is 1. The molecule has 0 aliphatic heterocycles. The van der Waals surface area contributed by atoms with E-state index in [0.717, 1.165) is 6.07 Å². The zero-order valence-electron chi connectivity index (χ0n) is 9.69. The number of nitrogens with one attached hydrogen (secondary N) is 1. The zero-order chi connectivity index (χ0) is 14.2. The number of carbonyl (C=O) groups is 2. The van der Waals surface area contributed by atoms with Crippen LogP contribution in [0, 0.1) is 0 Å². The van der Waals surface area contributed by atoms with Crippen molar-refractivity contribution in [1.82, 2.24) is 0 Å². The van der Waals surface area contributed by atoms with Crippen LogP contribution in [0.5, 0.6) is 0 Å². The van der Waals surface area contributed by atoms with Crippen LogP contribution in [0.2, 0.25) is 0 Å². The van der Waals surface area contributed by atoms with Crippen LogP contribution in [0.1, 0.15) is 17.5 Å². The Bertz CT molecular complexity index is 750. The van der Waals surface area contributed by atoms with Crippen molar-refractivity contribution in [3.05, 3.63) is 38.7 Å². The van der Waals surface area contributed by atoms with Crippen LogP contribution in [-0.2, 0) is 4.79 Å². The van der Waals surface area contributed by atoms with Crippen LogP contribution >= 0.6 is 15.9 Å². The summed E-state index contributed by atoms with van der Waals surface area (Å²) < 4.78 is 5.72. The first kappa shape index (κ1) is 13.3. The Morgan fingerprint density at radius 2 is 2.00 bits per heavy atom. The van der Waals surface area contributed by atoms with Gasteiger partial charge in [-0.25, -0.2) is 4.79 Å². The highest BCUT2D eigenvalue weighted by molar-refractivity contribution is 9.10. The van der Waals surface area contributed by atoms with E-state index in [9.17, 15) is 14.4 Å². The molecule has 0 radical (unpaired) electrons. The first-order valence-corrected chi connectivity index (χ1v) is 5.96. The summed E-state index contributed by atoms with van der Waals surface area (Å²) in [7, 11) is 0. The van der Waals surface area contributed by atoms with Gasteiger partial charge in [-0.3, -0.25) is 9.59 Å². The van der Waals surface area contributed by atoms with E-state index in [0.29, 0.717) is 4.47 Å². The summed E-state index contributed by atoms with van der Waals surface area (Å²) in [6, 6.07) is 3.92. The predicted molar refractivity (Wildman–Crippen MR) is 71.4 cm³/mol. The molecule has 0 saturated heterocycles. The molecule has 1 aromatic carbocycles. The highest BCUT2D eigenvalue weighted by Crippen LogP contribution is 2.27. The van der Waals surface area contributed by atoms with Gasteiger partial charge < -0.3 is 14.8 Å². The Kier molecular flexibility index (Phi) is 3.39. The van der Waals surface area contributed by atoms with E-state index in [1.807, 2.05) is 0 Å². The fourth-order valence-electron chi connectivity index (χ4n) is 1.61. The minimum absolute atomic E-state index is 0.0308. The van der Waals surface area contributed by atoms with Crippen LogP contribution in [0.4, 0.5) is 5.69 Å². The number of carbonyl (C=O) groups excluding carboxylic acids is 1. The van der Waals surface area contributed by atoms with Crippen molar-refractivity contribution >= 4 is 44.5 Å². The van der Waals surface area contributed by atoms with E-state index >= 15 is 0 Å². The molecule has 0 aliphatic rings. The van der Waals surface area contributed by atoms with Gasteiger partial charge in [-0.2, -0.15) is 0 Å². The molecule has 1 amide bonds. The van der Waals surface area contributed by atoms with Crippen molar-refractivity contribution in [1.29, 1.82) is 0 Å². The fourth-order valence-corrected chi connectivity index (χ4v) is 2.07. The van der Waals surface area contributed by atoms with Crippen LogP contribution in [0.15, 0.2) is 31.9 Å². The Labute approximate surface area is 115 Å². The molecule has 6 nitrogen and oxygen atoms in total. The third-order valence-electron chi connectivity index (χ3n) is 2.31. The van der Waals surface area contributed by atoms with Crippen molar-refractivity contribution in [2.75, 3.05) is 5.32 Å². The molecule has 0 spiro atoms. The third-order valence-corrected chi connectivity index (χ3v) is 2.77. The van der Waals surface area contributed by atoms with Crippen LogP contribution in [0.3, 0.4) is 0 Å². The number of benzene rings is 1. The molecule has 0 saturated carbocycles. The lowest BCUT2D eigenvalue weighted by molar-refractivity contribution is -0.114. The number of hydrogen-bond donors (Lipinski definition) is 2. The maximum Gasteiger partial charge on any atom is 0.371 e. The number of halogens is 1. The van der Waals surface area contributed by atoms with Gasteiger partial charge in [0.25, 0.3) is 0 Å². The van der Waals surface area contributed by atoms with Crippen molar-refractivity contribution in [2.24, 2.45) is 0 Å². The van der Waals surface area contributed by atoms with Crippen LogP contribution in [-0.4, -0.2) is 17.0 Å². The summed E-state index contributed by atoms with van der Waals surface area (Å²) in [4.78, 5) is 33.8. The number of carboxylic acids is 1.